The number of benzene rings is 1. The van der Waals surface area contributed by atoms with E-state index in [-0.39, 0.29) is 12.3 Å². The standard InChI is InChI=1S/C14H18N2O3/c1-8-10(7-13(15)17)11-5-9(18-3)6-12(19-4)14(11)16(8)2/h5-6H,7H2,1-4H3,(H2,15,17). The summed E-state index contributed by atoms with van der Waals surface area (Å²) in [4.78, 5) is 11.2. The van der Waals surface area contributed by atoms with Gasteiger partial charge in [0.2, 0.25) is 5.91 Å². The minimum Gasteiger partial charge on any atom is -0.497 e. The van der Waals surface area contributed by atoms with Crippen LogP contribution in [0.4, 0.5) is 0 Å². The largest absolute Gasteiger partial charge is 0.497 e. The van der Waals surface area contributed by atoms with Crippen molar-refractivity contribution in [1.29, 1.82) is 0 Å². The molecule has 1 amide bonds. The number of carbonyl (C=O) groups excluding carboxylic acids is 1. The van der Waals surface area contributed by atoms with Crippen molar-refractivity contribution in [2.75, 3.05) is 14.2 Å². The summed E-state index contributed by atoms with van der Waals surface area (Å²) < 4.78 is 12.7. The van der Waals surface area contributed by atoms with Crippen molar-refractivity contribution in [2.45, 2.75) is 13.3 Å². The number of primary amides is 1. The molecule has 2 rings (SSSR count). The summed E-state index contributed by atoms with van der Waals surface area (Å²) in [5.74, 6) is 1.06. The predicted octanol–water partition coefficient (Wildman–Crippen LogP) is 1.53. The van der Waals surface area contributed by atoms with E-state index in [4.69, 9.17) is 15.2 Å². The molecule has 102 valence electrons. The lowest BCUT2D eigenvalue weighted by Gasteiger charge is -2.08. The highest BCUT2D eigenvalue weighted by Crippen LogP contribution is 2.36. The van der Waals surface area contributed by atoms with Crippen LogP contribution in [0.15, 0.2) is 12.1 Å². The Kier molecular flexibility index (Phi) is 3.38. The van der Waals surface area contributed by atoms with Gasteiger partial charge < -0.3 is 19.8 Å². The molecule has 0 fully saturated rings. The summed E-state index contributed by atoms with van der Waals surface area (Å²) in [6, 6.07) is 3.74. The minimum atomic E-state index is -0.350. The minimum absolute atomic E-state index is 0.208. The highest BCUT2D eigenvalue weighted by Gasteiger charge is 2.18. The number of nitrogens with two attached hydrogens (primary N) is 1. The van der Waals surface area contributed by atoms with Crippen LogP contribution in [-0.2, 0) is 18.3 Å². The third-order valence-corrected chi connectivity index (χ3v) is 3.46. The van der Waals surface area contributed by atoms with Crippen LogP contribution in [0.2, 0.25) is 0 Å². The molecular weight excluding hydrogens is 244 g/mol. The lowest BCUT2D eigenvalue weighted by molar-refractivity contribution is -0.117. The first-order valence-electron chi connectivity index (χ1n) is 5.97. The molecule has 0 atom stereocenters. The Morgan fingerprint density at radius 3 is 2.53 bits per heavy atom. The molecule has 2 N–H and O–H groups in total. The Balaban J connectivity index is 2.82. The second-order valence-corrected chi connectivity index (χ2v) is 4.49. The first kappa shape index (κ1) is 13.3. The topological polar surface area (TPSA) is 66.5 Å². The number of nitrogens with zero attached hydrogens (tertiary/aromatic N) is 1. The summed E-state index contributed by atoms with van der Waals surface area (Å²) in [6.07, 6.45) is 0.208. The number of fused-ring (bicyclic) bond motifs is 1. The number of rotatable bonds is 4. The fourth-order valence-electron chi connectivity index (χ4n) is 2.39. The number of aryl methyl sites for hydroxylation is 1. The van der Waals surface area contributed by atoms with E-state index in [1.807, 2.05) is 30.7 Å². The van der Waals surface area contributed by atoms with Crippen molar-refractivity contribution in [3.8, 4) is 11.5 Å². The number of hydrogen-bond acceptors (Lipinski definition) is 3. The van der Waals surface area contributed by atoms with Crippen LogP contribution in [0.3, 0.4) is 0 Å². The van der Waals surface area contributed by atoms with Gasteiger partial charge in [0.1, 0.15) is 11.5 Å². The number of hydrogen-bond donors (Lipinski definition) is 1. The van der Waals surface area contributed by atoms with Gasteiger partial charge in [-0.25, -0.2) is 0 Å². The van der Waals surface area contributed by atoms with E-state index in [2.05, 4.69) is 0 Å². The molecule has 0 aliphatic heterocycles. The van der Waals surface area contributed by atoms with Crippen LogP contribution < -0.4 is 15.2 Å². The Hall–Kier alpha value is -2.17. The average molecular weight is 262 g/mol. The third kappa shape index (κ3) is 2.12. The van der Waals surface area contributed by atoms with Gasteiger partial charge in [0.25, 0.3) is 0 Å². The zero-order valence-electron chi connectivity index (χ0n) is 11.6. The quantitative estimate of drug-likeness (QED) is 0.908. The summed E-state index contributed by atoms with van der Waals surface area (Å²) in [7, 11) is 5.16. The van der Waals surface area contributed by atoms with E-state index in [0.29, 0.717) is 5.75 Å². The molecule has 1 aromatic heterocycles. The smallest absolute Gasteiger partial charge is 0.221 e. The summed E-state index contributed by atoms with van der Waals surface area (Å²) >= 11 is 0. The molecule has 0 radical (unpaired) electrons. The lowest BCUT2D eigenvalue weighted by Crippen LogP contribution is -2.14. The fraction of sp³-hybridized carbons (Fsp3) is 0.357. The summed E-state index contributed by atoms with van der Waals surface area (Å²) in [6.45, 7) is 1.96. The zero-order valence-corrected chi connectivity index (χ0v) is 11.6. The first-order valence-corrected chi connectivity index (χ1v) is 5.97. The number of aromatic nitrogens is 1. The Bertz CT molecular complexity index is 644. The zero-order chi connectivity index (χ0) is 14.2. The van der Waals surface area contributed by atoms with Gasteiger partial charge in [0.05, 0.1) is 26.2 Å². The van der Waals surface area contributed by atoms with Crippen LogP contribution >= 0.6 is 0 Å². The molecule has 1 heterocycles. The molecule has 5 nitrogen and oxygen atoms in total. The van der Waals surface area contributed by atoms with Crippen LogP contribution in [0.5, 0.6) is 11.5 Å². The molecule has 0 aliphatic rings. The maximum Gasteiger partial charge on any atom is 0.221 e. The predicted molar refractivity (Wildman–Crippen MR) is 73.7 cm³/mol. The highest BCUT2D eigenvalue weighted by atomic mass is 16.5. The van der Waals surface area contributed by atoms with E-state index in [1.165, 1.54) is 0 Å². The Morgan fingerprint density at radius 1 is 1.32 bits per heavy atom. The molecule has 0 saturated carbocycles. The van der Waals surface area contributed by atoms with Crippen LogP contribution in [-0.4, -0.2) is 24.7 Å². The number of amides is 1. The van der Waals surface area contributed by atoms with Crippen molar-refractivity contribution in [2.24, 2.45) is 12.8 Å². The second kappa shape index (κ2) is 4.84. The van der Waals surface area contributed by atoms with Crippen molar-refractivity contribution in [3.63, 3.8) is 0 Å². The molecule has 19 heavy (non-hydrogen) atoms. The molecule has 1 aromatic carbocycles. The van der Waals surface area contributed by atoms with Gasteiger partial charge in [-0.3, -0.25) is 4.79 Å². The maximum atomic E-state index is 11.2. The van der Waals surface area contributed by atoms with E-state index >= 15 is 0 Å². The molecular formula is C14H18N2O3. The summed E-state index contributed by atoms with van der Waals surface area (Å²) in [5.41, 5.74) is 8.18. The van der Waals surface area contributed by atoms with E-state index in [0.717, 1.165) is 27.9 Å². The first-order chi connectivity index (χ1) is 8.99. The van der Waals surface area contributed by atoms with Crippen LogP contribution in [0.25, 0.3) is 10.9 Å². The number of ether oxygens (including phenoxy) is 2. The molecule has 2 aromatic rings. The van der Waals surface area contributed by atoms with Gasteiger partial charge in [0.15, 0.2) is 0 Å². The Labute approximate surface area is 111 Å². The lowest BCUT2D eigenvalue weighted by atomic mass is 10.1. The molecule has 0 unspecified atom stereocenters. The van der Waals surface area contributed by atoms with Crippen molar-refractivity contribution in [1.82, 2.24) is 4.57 Å². The molecule has 5 heteroatoms. The van der Waals surface area contributed by atoms with Crippen molar-refractivity contribution < 1.29 is 14.3 Å². The van der Waals surface area contributed by atoms with Crippen molar-refractivity contribution in [3.05, 3.63) is 23.4 Å². The number of methoxy groups -OCH3 is 2. The van der Waals surface area contributed by atoms with Gasteiger partial charge in [0, 0.05) is 24.2 Å². The molecule has 0 spiro atoms. The van der Waals surface area contributed by atoms with E-state index in [1.54, 1.807) is 14.2 Å². The normalized spacial score (nSPS) is 10.7. The molecule has 0 aliphatic carbocycles. The van der Waals surface area contributed by atoms with Crippen LogP contribution in [0, 0.1) is 6.92 Å². The van der Waals surface area contributed by atoms with Crippen molar-refractivity contribution >= 4 is 16.8 Å². The van der Waals surface area contributed by atoms with Gasteiger partial charge in [-0.1, -0.05) is 0 Å². The van der Waals surface area contributed by atoms with Gasteiger partial charge in [-0.2, -0.15) is 0 Å². The van der Waals surface area contributed by atoms with Gasteiger partial charge in [-0.15, -0.1) is 0 Å². The second-order valence-electron chi connectivity index (χ2n) is 4.49. The third-order valence-electron chi connectivity index (χ3n) is 3.46. The van der Waals surface area contributed by atoms with E-state index in [9.17, 15) is 4.79 Å². The number of carbonyl (C=O) groups is 1. The van der Waals surface area contributed by atoms with Gasteiger partial charge >= 0.3 is 0 Å². The molecule has 0 bridgehead atoms. The fourth-order valence-corrected chi connectivity index (χ4v) is 2.39. The maximum absolute atomic E-state index is 11.2. The molecule has 0 saturated heterocycles. The van der Waals surface area contributed by atoms with Gasteiger partial charge in [-0.05, 0) is 18.6 Å². The monoisotopic (exact) mass is 262 g/mol. The average Bonchev–Trinajstić information content (AvgIpc) is 2.62. The summed E-state index contributed by atoms with van der Waals surface area (Å²) in [5, 5.41) is 0.940. The van der Waals surface area contributed by atoms with E-state index < -0.39 is 0 Å². The highest BCUT2D eigenvalue weighted by molar-refractivity contribution is 5.94. The SMILES string of the molecule is COc1cc(OC)c2c(c1)c(CC(N)=O)c(C)n2C. The Morgan fingerprint density at radius 2 is 2.00 bits per heavy atom. The van der Waals surface area contributed by atoms with Crippen LogP contribution in [0.1, 0.15) is 11.3 Å².